The van der Waals surface area contributed by atoms with Gasteiger partial charge in [0.2, 0.25) is 11.8 Å². The number of likely N-dealkylation sites (tertiary alicyclic amines) is 1. The van der Waals surface area contributed by atoms with E-state index in [0.29, 0.717) is 22.0 Å². The minimum absolute atomic E-state index is 0.0442. The van der Waals surface area contributed by atoms with Crippen LogP contribution < -0.4 is 10.1 Å². The molecule has 0 unspecified atom stereocenters. The molecule has 1 saturated carbocycles. The van der Waals surface area contributed by atoms with E-state index >= 15 is 0 Å². The number of nitrogens with zero attached hydrogens (tertiary/aromatic N) is 4. The van der Waals surface area contributed by atoms with Gasteiger partial charge in [0, 0.05) is 19.2 Å². The Balaban J connectivity index is 1.40. The Morgan fingerprint density at radius 1 is 1.30 bits per heavy atom. The molecule has 1 amide bonds. The zero-order chi connectivity index (χ0) is 19.0. The Labute approximate surface area is 162 Å². The summed E-state index contributed by atoms with van der Waals surface area (Å²) in [6, 6.07) is 2.99. The molecule has 1 spiro atoms. The van der Waals surface area contributed by atoms with Crippen LogP contribution in [0.4, 0.5) is 6.01 Å². The number of rotatable bonds is 5. The molecule has 2 aromatic rings. The van der Waals surface area contributed by atoms with Crippen molar-refractivity contribution in [3.63, 3.8) is 0 Å². The monoisotopic (exact) mass is 391 g/mol. The first-order valence-electron chi connectivity index (χ1n) is 9.09. The molecule has 2 aromatic heterocycles. The summed E-state index contributed by atoms with van der Waals surface area (Å²) in [5.41, 5.74) is 0.874. The van der Waals surface area contributed by atoms with Crippen LogP contribution in [0.2, 0.25) is 5.02 Å². The largest absolute Gasteiger partial charge is 0.481 e. The molecule has 1 saturated heterocycles. The number of aromatic nitrogens is 3. The molecule has 1 N–H and O–H groups in total. The summed E-state index contributed by atoms with van der Waals surface area (Å²) in [6.45, 7) is 3.44. The third-order valence-corrected chi connectivity index (χ3v) is 5.77. The molecule has 8 nitrogen and oxygen atoms in total. The normalized spacial score (nSPS) is 19.0. The third kappa shape index (κ3) is 3.71. The minimum atomic E-state index is -0.458. The van der Waals surface area contributed by atoms with Crippen molar-refractivity contribution in [1.82, 2.24) is 20.1 Å². The van der Waals surface area contributed by atoms with E-state index in [1.54, 1.807) is 19.1 Å². The minimum Gasteiger partial charge on any atom is -0.481 e. The summed E-state index contributed by atoms with van der Waals surface area (Å²) in [6.07, 6.45) is 4.84. The van der Waals surface area contributed by atoms with Crippen molar-refractivity contribution < 1.29 is 13.9 Å². The Bertz CT molecular complexity index is 841. The predicted molar refractivity (Wildman–Crippen MR) is 99.7 cm³/mol. The van der Waals surface area contributed by atoms with Gasteiger partial charge in [0.1, 0.15) is 11.7 Å². The van der Waals surface area contributed by atoms with Gasteiger partial charge in [-0.3, -0.25) is 4.79 Å². The number of nitrogens with one attached hydrogen (secondary N) is 1. The highest BCUT2D eigenvalue weighted by atomic mass is 35.5. The smallest absolute Gasteiger partial charge is 0.316 e. The zero-order valence-corrected chi connectivity index (χ0v) is 16.1. The summed E-state index contributed by atoms with van der Waals surface area (Å²) >= 11 is 6.16. The summed E-state index contributed by atoms with van der Waals surface area (Å²) in [5.74, 6) is 0.599. The Morgan fingerprint density at radius 3 is 2.70 bits per heavy atom. The lowest BCUT2D eigenvalue weighted by atomic mass is 9.93. The Kier molecular flexibility index (Phi) is 4.67. The van der Waals surface area contributed by atoms with Gasteiger partial charge in [-0.1, -0.05) is 16.7 Å². The Hall–Kier alpha value is -2.35. The van der Waals surface area contributed by atoms with Crippen LogP contribution >= 0.6 is 11.6 Å². The number of piperidine rings is 1. The van der Waals surface area contributed by atoms with Gasteiger partial charge < -0.3 is 19.4 Å². The van der Waals surface area contributed by atoms with E-state index in [-0.39, 0.29) is 17.8 Å². The average Bonchev–Trinajstić information content (AvgIpc) is 3.27. The zero-order valence-electron chi connectivity index (χ0n) is 15.4. The maximum Gasteiger partial charge on any atom is 0.316 e. The standard InChI is InChI=1S/C18H22ClN5O3/c1-11(16(25)24-9-7-18(5-6-18)8-10-24)20-17-23-22-15(27-17)14-12(19)3-4-13(21-14)26-2/h3-4,11H,5-10H2,1-2H3,(H,20,23)/t11-/m1/s1. The van der Waals surface area contributed by atoms with E-state index in [2.05, 4.69) is 20.5 Å². The van der Waals surface area contributed by atoms with E-state index in [4.69, 9.17) is 20.8 Å². The number of carbonyl (C=O) groups is 1. The average molecular weight is 392 g/mol. The number of pyridine rings is 1. The highest BCUT2D eigenvalue weighted by Crippen LogP contribution is 2.53. The molecule has 3 heterocycles. The molecular formula is C18H22ClN5O3. The van der Waals surface area contributed by atoms with E-state index in [9.17, 15) is 4.79 Å². The van der Waals surface area contributed by atoms with Crippen molar-refractivity contribution in [1.29, 1.82) is 0 Å². The fraction of sp³-hybridized carbons (Fsp3) is 0.556. The Morgan fingerprint density at radius 2 is 2.04 bits per heavy atom. The first kappa shape index (κ1) is 18.0. The molecule has 4 rings (SSSR count). The number of amides is 1. The molecule has 1 aliphatic heterocycles. The first-order valence-corrected chi connectivity index (χ1v) is 9.47. The van der Waals surface area contributed by atoms with Crippen LogP contribution in [-0.2, 0) is 4.79 Å². The molecule has 0 aromatic carbocycles. The summed E-state index contributed by atoms with van der Waals surface area (Å²) in [5, 5.41) is 11.3. The van der Waals surface area contributed by atoms with Crippen LogP contribution in [0.15, 0.2) is 16.5 Å². The molecule has 27 heavy (non-hydrogen) atoms. The molecule has 1 atom stereocenters. The summed E-state index contributed by atoms with van der Waals surface area (Å²) in [4.78, 5) is 18.8. The molecule has 2 fully saturated rings. The van der Waals surface area contributed by atoms with Gasteiger partial charge in [0.05, 0.1) is 12.1 Å². The topological polar surface area (TPSA) is 93.4 Å². The van der Waals surface area contributed by atoms with Crippen LogP contribution in [0.3, 0.4) is 0 Å². The lowest BCUT2D eigenvalue weighted by Crippen LogP contribution is -2.45. The van der Waals surface area contributed by atoms with Crippen molar-refractivity contribution in [3.8, 4) is 17.5 Å². The van der Waals surface area contributed by atoms with Gasteiger partial charge in [-0.25, -0.2) is 4.98 Å². The van der Waals surface area contributed by atoms with Crippen LogP contribution in [-0.4, -0.2) is 52.2 Å². The number of halogens is 1. The van der Waals surface area contributed by atoms with Crippen LogP contribution in [0, 0.1) is 5.41 Å². The third-order valence-electron chi connectivity index (χ3n) is 5.46. The van der Waals surface area contributed by atoms with Gasteiger partial charge in [0.15, 0.2) is 0 Å². The van der Waals surface area contributed by atoms with Gasteiger partial charge in [-0.05, 0) is 44.1 Å². The van der Waals surface area contributed by atoms with Crippen molar-refractivity contribution in [2.45, 2.75) is 38.6 Å². The van der Waals surface area contributed by atoms with Gasteiger partial charge in [-0.2, -0.15) is 0 Å². The molecule has 144 valence electrons. The van der Waals surface area contributed by atoms with Crippen LogP contribution in [0.1, 0.15) is 32.6 Å². The highest BCUT2D eigenvalue weighted by Gasteiger charge is 2.45. The number of hydrogen-bond acceptors (Lipinski definition) is 7. The number of hydrogen-bond donors (Lipinski definition) is 1. The van der Waals surface area contributed by atoms with E-state index in [1.807, 2.05) is 4.90 Å². The van der Waals surface area contributed by atoms with Crippen molar-refractivity contribution in [2.24, 2.45) is 5.41 Å². The predicted octanol–water partition coefficient (Wildman–Crippen LogP) is 3.00. The van der Waals surface area contributed by atoms with E-state index < -0.39 is 6.04 Å². The quantitative estimate of drug-likeness (QED) is 0.837. The molecular weight excluding hydrogens is 370 g/mol. The maximum atomic E-state index is 12.7. The number of ether oxygens (including phenoxy) is 1. The van der Waals surface area contributed by atoms with Crippen molar-refractivity contribution in [2.75, 3.05) is 25.5 Å². The summed E-state index contributed by atoms with van der Waals surface area (Å²) < 4.78 is 10.7. The lowest BCUT2D eigenvalue weighted by molar-refractivity contribution is -0.133. The van der Waals surface area contributed by atoms with Crippen molar-refractivity contribution in [3.05, 3.63) is 17.2 Å². The fourth-order valence-electron chi connectivity index (χ4n) is 3.46. The maximum absolute atomic E-state index is 12.7. The van der Waals surface area contributed by atoms with Gasteiger partial charge in [-0.15, -0.1) is 5.10 Å². The molecule has 9 heteroatoms. The highest BCUT2D eigenvalue weighted by molar-refractivity contribution is 6.32. The second-order valence-electron chi connectivity index (χ2n) is 7.29. The number of anilines is 1. The van der Waals surface area contributed by atoms with Crippen LogP contribution in [0.5, 0.6) is 5.88 Å². The molecule has 2 aliphatic rings. The fourth-order valence-corrected chi connectivity index (χ4v) is 3.65. The molecule has 0 radical (unpaired) electrons. The molecule has 1 aliphatic carbocycles. The number of methoxy groups -OCH3 is 1. The second kappa shape index (κ2) is 6.99. The SMILES string of the molecule is COc1ccc(Cl)c(-c2nnc(N[C@H](C)C(=O)N3CCC4(CC3)CC4)o2)n1. The van der Waals surface area contributed by atoms with E-state index in [1.165, 1.54) is 20.0 Å². The van der Waals surface area contributed by atoms with Crippen molar-refractivity contribution >= 4 is 23.5 Å². The first-order chi connectivity index (χ1) is 13.0. The summed E-state index contributed by atoms with van der Waals surface area (Å²) in [7, 11) is 1.51. The number of carbonyl (C=O) groups excluding carboxylic acids is 1. The lowest BCUT2D eigenvalue weighted by Gasteiger charge is -2.33. The van der Waals surface area contributed by atoms with Gasteiger partial charge >= 0.3 is 6.01 Å². The van der Waals surface area contributed by atoms with Crippen LogP contribution in [0.25, 0.3) is 11.6 Å². The van der Waals surface area contributed by atoms with Gasteiger partial charge in [0.25, 0.3) is 5.89 Å². The second-order valence-corrected chi connectivity index (χ2v) is 7.69. The van der Waals surface area contributed by atoms with E-state index in [0.717, 1.165) is 25.9 Å². The molecule has 0 bridgehead atoms.